The highest BCUT2D eigenvalue weighted by Gasteiger charge is 2.27. The molecule has 1 unspecified atom stereocenters. The van der Waals surface area contributed by atoms with Gasteiger partial charge in [0, 0.05) is 24.3 Å². The number of ether oxygens (including phenoxy) is 1. The topological polar surface area (TPSA) is 77.2 Å². The van der Waals surface area contributed by atoms with E-state index in [0.717, 1.165) is 17.7 Å². The fourth-order valence-corrected chi connectivity index (χ4v) is 2.91. The summed E-state index contributed by atoms with van der Waals surface area (Å²) >= 11 is 1.51. The summed E-state index contributed by atoms with van der Waals surface area (Å²) in [4.78, 5) is 17.5. The lowest BCUT2D eigenvalue weighted by Gasteiger charge is -2.26. The first-order chi connectivity index (χ1) is 9.08. The van der Waals surface area contributed by atoms with E-state index in [2.05, 4.69) is 24.1 Å². The highest BCUT2D eigenvalue weighted by atomic mass is 32.1. The van der Waals surface area contributed by atoms with E-state index in [0.29, 0.717) is 24.3 Å². The zero-order chi connectivity index (χ0) is 13.8. The van der Waals surface area contributed by atoms with E-state index < -0.39 is 6.04 Å². The van der Waals surface area contributed by atoms with Gasteiger partial charge in [-0.05, 0) is 24.7 Å². The van der Waals surface area contributed by atoms with E-state index >= 15 is 0 Å². The molecule has 1 amide bonds. The van der Waals surface area contributed by atoms with Gasteiger partial charge < -0.3 is 15.8 Å². The number of nitrogens with one attached hydrogen (secondary N) is 1. The number of thiazole rings is 1. The van der Waals surface area contributed by atoms with Crippen LogP contribution < -0.4 is 11.1 Å². The van der Waals surface area contributed by atoms with E-state index in [1.165, 1.54) is 11.3 Å². The van der Waals surface area contributed by atoms with Gasteiger partial charge in [-0.2, -0.15) is 0 Å². The first-order valence-corrected chi connectivity index (χ1v) is 7.49. The SMILES string of the molecule is CC(C)c1cnc(NC(=O)C(N)C2CCOCC2)s1. The predicted octanol–water partition coefficient (Wildman–Crippen LogP) is 1.96. The highest BCUT2D eigenvalue weighted by molar-refractivity contribution is 7.15. The zero-order valence-electron chi connectivity index (χ0n) is 11.4. The first-order valence-electron chi connectivity index (χ1n) is 6.68. The van der Waals surface area contributed by atoms with Gasteiger partial charge in [0.25, 0.3) is 0 Å². The summed E-state index contributed by atoms with van der Waals surface area (Å²) in [5, 5.41) is 3.45. The Morgan fingerprint density at radius 3 is 2.79 bits per heavy atom. The van der Waals surface area contributed by atoms with Crippen LogP contribution in [0.25, 0.3) is 0 Å². The summed E-state index contributed by atoms with van der Waals surface area (Å²) in [6.07, 6.45) is 3.51. The Morgan fingerprint density at radius 2 is 2.21 bits per heavy atom. The van der Waals surface area contributed by atoms with Gasteiger partial charge in [-0.1, -0.05) is 13.8 Å². The Bertz CT molecular complexity index is 427. The number of nitrogens with zero attached hydrogens (tertiary/aromatic N) is 1. The Labute approximate surface area is 117 Å². The Hall–Kier alpha value is -0.980. The zero-order valence-corrected chi connectivity index (χ0v) is 12.2. The van der Waals surface area contributed by atoms with E-state index in [-0.39, 0.29) is 11.8 Å². The molecule has 0 saturated carbocycles. The summed E-state index contributed by atoms with van der Waals surface area (Å²) in [6, 6.07) is -0.477. The van der Waals surface area contributed by atoms with Crippen molar-refractivity contribution < 1.29 is 9.53 Å². The maximum atomic E-state index is 12.1. The minimum atomic E-state index is -0.477. The second-order valence-electron chi connectivity index (χ2n) is 5.19. The van der Waals surface area contributed by atoms with Gasteiger partial charge in [0.1, 0.15) is 0 Å². The first kappa shape index (κ1) is 14.4. The van der Waals surface area contributed by atoms with Gasteiger partial charge in [0.2, 0.25) is 5.91 Å². The molecule has 1 aromatic rings. The highest BCUT2D eigenvalue weighted by Crippen LogP contribution is 2.26. The second-order valence-corrected chi connectivity index (χ2v) is 6.25. The van der Waals surface area contributed by atoms with Crippen LogP contribution in [0.4, 0.5) is 5.13 Å². The number of carbonyl (C=O) groups is 1. The molecule has 0 aliphatic carbocycles. The number of aromatic nitrogens is 1. The molecule has 1 aliphatic heterocycles. The van der Waals surface area contributed by atoms with Crippen LogP contribution in [0.1, 0.15) is 37.5 Å². The van der Waals surface area contributed by atoms with Crippen molar-refractivity contribution >= 4 is 22.4 Å². The van der Waals surface area contributed by atoms with Gasteiger partial charge >= 0.3 is 0 Å². The van der Waals surface area contributed by atoms with Crippen molar-refractivity contribution in [3.8, 4) is 0 Å². The molecule has 5 nitrogen and oxygen atoms in total. The molecule has 0 radical (unpaired) electrons. The molecule has 2 rings (SSSR count). The van der Waals surface area contributed by atoms with Crippen LogP contribution in [-0.4, -0.2) is 30.1 Å². The molecule has 106 valence electrons. The van der Waals surface area contributed by atoms with E-state index in [1.54, 1.807) is 0 Å². The number of anilines is 1. The van der Waals surface area contributed by atoms with Crippen molar-refractivity contribution in [1.82, 2.24) is 4.98 Å². The molecule has 0 aromatic carbocycles. The van der Waals surface area contributed by atoms with Crippen molar-refractivity contribution in [3.05, 3.63) is 11.1 Å². The number of hydrogen-bond acceptors (Lipinski definition) is 5. The molecular formula is C13H21N3O2S. The molecular weight excluding hydrogens is 262 g/mol. The summed E-state index contributed by atoms with van der Waals surface area (Å²) in [5.41, 5.74) is 6.02. The largest absolute Gasteiger partial charge is 0.381 e. The lowest BCUT2D eigenvalue weighted by Crippen LogP contribution is -2.43. The second kappa shape index (κ2) is 6.45. The standard InChI is InChI=1S/C13H21N3O2S/c1-8(2)10-7-15-13(19-10)16-12(17)11(14)9-3-5-18-6-4-9/h7-9,11H,3-6,14H2,1-2H3,(H,15,16,17). The molecule has 0 bridgehead atoms. The van der Waals surface area contributed by atoms with Crippen LogP contribution >= 0.6 is 11.3 Å². The summed E-state index contributed by atoms with van der Waals surface area (Å²) in [6.45, 7) is 5.60. The predicted molar refractivity (Wildman–Crippen MR) is 76.4 cm³/mol. The van der Waals surface area contributed by atoms with E-state index in [1.807, 2.05) is 6.20 Å². The molecule has 1 aliphatic rings. The number of hydrogen-bond donors (Lipinski definition) is 2. The molecule has 1 saturated heterocycles. The fourth-order valence-electron chi connectivity index (χ4n) is 2.09. The molecule has 3 N–H and O–H groups in total. The third kappa shape index (κ3) is 3.75. The van der Waals surface area contributed by atoms with Crippen LogP contribution in [-0.2, 0) is 9.53 Å². The smallest absolute Gasteiger partial charge is 0.243 e. The van der Waals surface area contributed by atoms with Crippen LogP contribution in [0.5, 0.6) is 0 Å². The summed E-state index contributed by atoms with van der Waals surface area (Å²) in [7, 11) is 0. The quantitative estimate of drug-likeness (QED) is 0.885. The Balaban J connectivity index is 1.91. The maximum absolute atomic E-state index is 12.1. The fraction of sp³-hybridized carbons (Fsp3) is 0.692. The number of rotatable bonds is 4. The van der Waals surface area contributed by atoms with Crippen molar-refractivity contribution in [2.24, 2.45) is 11.7 Å². The lowest BCUT2D eigenvalue weighted by atomic mass is 9.92. The third-order valence-corrected chi connectivity index (χ3v) is 4.61. The minimum absolute atomic E-state index is 0.142. The Kier molecular flexibility index (Phi) is 4.90. The summed E-state index contributed by atoms with van der Waals surface area (Å²) < 4.78 is 5.28. The molecule has 2 heterocycles. The van der Waals surface area contributed by atoms with Crippen LogP contribution in [0.3, 0.4) is 0 Å². The maximum Gasteiger partial charge on any atom is 0.243 e. The average molecular weight is 283 g/mol. The van der Waals surface area contributed by atoms with Crippen molar-refractivity contribution in [1.29, 1.82) is 0 Å². The lowest BCUT2D eigenvalue weighted by molar-refractivity contribution is -0.119. The van der Waals surface area contributed by atoms with Crippen molar-refractivity contribution in [3.63, 3.8) is 0 Å². The van der Waals surface area contributed by atoms with Crippen LogP contribution in [0.15, 0.2) is 6.20 Å². The molecule has 1 fully saturated rings. The molecule has 19 heavy (non-hydrogen) atoms. The van der Waals surface area contributed by atoms with Gasteiger partial charge in [-0.15, -0.1) is 11.3 Å². The van der Waals surface area contributed by atoms with E-state index in [4.69, 9.17) is 10.5 Å². The van der Waals surface area contributed by atoms with Gasteiger partial charge in [-0.25, -0.2) is 4.98 Å². The normalized spacial score (nSPS) is 18.5. The number of carbonyl (C=O) groups excluding carboxylic acids is 1. The van der Waals surface area contributed by atoms with Gasteiger partial charge in [-0.3, -0.25) is 4.79 Å². The van der Waals surface area contributed by atoms with E-state index in [9.17, 15) is 4.79 Å². The Morgan fingerprint density at radius 1 is 1.53 bits per heavy atom. The van der Waals surface area contributed by atoms with Crippen LogP contribution in [0, 0.1) is 5.92 Å². The third-order valence-electron chi connectivity index (χ3n) is 3.40. The molecule has 0 spiro atoms. The minimum Gasteiger partial charge on any atom is -0.381 e. The monoisotopic (exact) mass is 283 g/mol. The average Bonchev–Trinajstić information content (AvgIpc) is 2.87. The molecule has 1 atom stereocenters. The van der Waals surface area contributed by atoms with Crippen LogP contribution in [0.2, 0.25) is 0 Å². The number of amides is 1. The van der Waals surface area contributed by atoms with Crippen molar-refractivity contribution in [2.75, 3.05) is 18.5 Å². The molecule has 6 heteroatoms. The van der Waals surface area contributed by atoms with Gasteiger partial charge in [0.05, 0.1) is 6.04 Å². The number of nitrogens with two attached hydrogens (primary N) is 1. The summed E-state index contributed by atoms with van der Waals surface area (Å²) in [5.74, 6) is 0.488. The van der Waals surface area contributed by atoms with Gasteiger partial charge in [0.15, 0.2) is 5.13 Å². The van der Waals surface area contributed by atoms with Crippen molar-refractivity contribution in [2.45, 2.75) is 38.6 Å². The molecule has 1 aromatic heterocycles.